The fourth-order valence-electron chi connectivity index (χ4n) is 3.96. The Bertz CT molecular complexity index is 1090. The summed E-state index contributed by atoms with van der Waals surface area (Å²) in [6, 6.07) is 11.1. The van der Waals surface area contributed by atoms with Gasteiger partial charge in [0.15, 0.2) is 0 Å². The highest BCUT2D eigenvalue weighted by Gasteiger charge is 2.30. The van der Waals surface area contributed by atoms with Crippen LogP contribution in [0.15, 0.2) is 41.2 Å². The van der Waals surface area contributed by atoms with Crippen molar-refractivity contribution in [3.8, 4) is 11.5 Å². The molecule has 0 radical (unpaired) electrons. The Morgan fingerprint density at radius 2 is 1.97 bits per heavy atom. The zero-order valence-corrected chi connectivity index (χ0v) is 16.5. The molecule has 152 valence electrons. The van der Waals surface area contributed by atoms with Crippen LogP contribution < -0.4 is 20.5 Å². The molecule has 1 aliphatic rings. The average Bonchev–Trinajstić information content (AvgIpc) is 3.32. The Hall–Kier alpha value is -3.26. The Morgan fingerprint density at radius 3 is 2.76 bits per heavy atom. The summed E-state index contributed by atoms with van der Waals surface area (Å²) < 4.78 is 10.9. The molecule has 1 amide bonds. The Kier molecular flexibility index (Phi) is 5.26. The standard InChI is InChI=1S/C21H24N4O4/c1-28-14-6-8-19(29-2)15(11-14)18-4-3-9-25(18)12-20(26)22-13-5-7-16-17(10-13)24-21(27)23-16/h5-8,10-11,18H,3-4,9,12H2,1-2H3,(H,22,26)(H2,23,24,27). The van der Waals surface area contributed by atoms with E-state index in [1.54, 1.807) is 32.4 Å². The first-order valence-electron chi connectivity index (χ1n) is 9.55. The topological polar surface area (TPSA) is 99.4 Å². The molecule has 8 heteroatoms. The van der Waals surface area contributed by atoms with Crippen molar-refractivity contribution < 1.29 is 14.3 Å². The zero-order valence-electron chi connectivity index (χ0n) is 16.5. The first-order valence-corrected chi connectivity index (χ1v) is 9.55. The van der Waals surface area contributed by atoms with Crippen LogP contribution in [-0.4, -0.2) is 48.1 Å². The van der Waals surface area contributed by atoms with E-state index in [2.05, 4.69) is 20.2 Å². The van der Waals surface area contributed by atoms with Crippen LogP contribution in [0.4, 0.5) is 5.69 Å². The molecule has 2 heterocycles. The maximum atomic E-state index is 12.7. The molecule has 1 aromatic heterocycles. The first-order chi connectivity index (χ1) is 14.1. The summed E-state index contributed by atoms with van der Waals surface area (Å²) in [6.07, 6.45) is 1.96. The molecule has 29 heavy (non-hydrogen) atoms. The molecule has 0 aliphatic carbocycles. The van der Waals surface area contributed by atoms with Gasteiger partial charge in [-0.1, -0.05) is 0 Å². The van der Waals surface area contributed by atoms with Gasteiger partial charge in [-0.25, -0.2) is 4.79 Å². The number of methoxy groups -OCH3 is 2. The monoisotopic (exact) mass is 396 g/mol. The van der Waals surface area contributed by atoms with Gasteiger partial charge in [0.25, 0.3) is 0 Å². The third-order valence-corrected chi connectivity index (χ3v) is 5.31. The normalized spacial score (nSPS) is 16.8. The predicted molar refractivity (Wildman–Crippen MR) is 111 cm³/mol. The van der Waals surface area contributed by atoms with Gasteiger partial charge in [0.1, 0.15) is 11.5 Å². The van der Waals surface area contributed by atoms with Crippen LogP contribution in [0.5, 0.6) is 11.5 Å². The summed E-state index contributed by atoms with van der Waals surface area (Å²) in [4.78, 5) is 31.6. The van der Waals surface area contributed by atoms with Gasteiger partial charge in [-0.05, 0) is 55.8 Å². The van der Waals surface area contributed by atoms with Gasteiger partial charge in [-0.15, -0.1) is 0 Å². The highest BCUT2D eigenvalue weighted by atomic mass is 16.5. The first kappa shape index (κ1) is 19.1. The van der Waals surface area contributed by atoms with Gasteiger partial charge < -0.3 is 24.8 Å². The van der Waals surface area contributed by atoms with E-state index in [0.29, 0.717) is 16.7 Å². The largest absolute Gasteiger partial charge is 0.497 e. The van der Waals surface area contributed by atoms with Crippen molar-refractivity contribution >= 4 is 22.6 Å². The van der Waals surface area contributed by atoms with Gasteiger partial charge >= 0.3 is 5.69 Å². The summed E-state index contributed by atoms with van der Waals surface area (Å²) >= 11 is 0. The van der Waals surface area contributed by atoms with Crippen LogP contribution in [-0.2, 0) is 4.79 Å². The van der Waals surface area contributed by atoms with Crippen LogP contribution in [0.1, 0.15) is 24.4 Å². The van der Waals surface area contributed by atoms with Crippen LogP contribution >= 0.6 is 0 Å². The molecule has 2 aromatic carbocycles. The van der Waals surface area contributed by atoms with Crippen LogP contribution in [0.25, 0.3) is 11.0 Å². The number of hydrogen-bond acceptors (Lipinski definition) is 5. The molecule has 3 N–H and O–H groups in total. The van der Waals surface area contributed by atoms with Crippen molar-refractivity contribution in [1.29, 1.82) is 0 Å². The van der Waals surface area contributed by atoms with E-state index < -0.39 is 0 Å². The molecule has 1 aliphatic heterocycles. The molecule has 3 aromatic rings. The fourth-order valence-corrected chi connectivity index (χ4v) is 3.96. The van der Waals surface area contributed by atoms with Crippen molar-refractivity contribution in [2.45, 2.75) is 18.9 Å². The lowest BCUT2D eigenvalue weighted by molar-refractivity contribution is -0.117. The summed E-state index contributed by atoms with van der Waals surface area (Å²) in [5, 5.41) is 2.92. The number of carbonyl (C=O) groups is 1. The Morgan fingerprint density at radius 1 is 1.14 bits per heavy atom. The maximum absolute atomic E-state index is 12.7. The van der Waals surface area contributed by atoms with Crippen LogP contribution in [0.3, 0.4) is 0 Å². The van der Waals surface area contributed by atoms with Crippen molar-refractivity contribution in [1.82, 2.24) is 14.9 Å². The second-order valence-electron chi connectivity index (χ2n) is 7.12. The molecule has 0 saturated carbocycles. The van der Waals surface area contributed by atoms with E-state index in [1.807, 2.05) is 18.2 Å². The van der Waals surface area contributed by atoms with Crippen molar-refractivity contribution in [3.05, 3.63) is 52.4 Å². The number of aromatic amines is 2. The number of anilines is 1. The van der Waals surface area contributed by atoms with Crippen LogP contribution in [0, 0.1) is 0 Å². The number of hydrogen-bond donors (Lipinski definition) is 3. The Labute approximate surface area is 167 Å². The second kappa shape index (κ2) is 8.00. The van der Waals surface area contributed by atoms with E-state index in [0.717, 1.165) is 36.4 Å². The molecule has 4 rings (SSSR count). The van der Waals surface area contributed by atoms with E-state index in [9.17, 15) is 9.59 Å². The number of rotatable bonds is 6. The quantitative estimate of drug-likeness (QED) is 0.595. The average molecular weight is 396 g/mol. The van der Waals surface area contributed by atoms with Gasteiger partial charge in [-0.3, -0.25) is 9.69 Å². The fraction of sp³-hybridized carbons (Fsp3) is 0.333. The molecule has 1 saturated heterocycles. The number of nitrogens with zero attached hydrogens (tertiary/aromatic N) is 1. The number of amides is 1. The van der Waals surface area contributed by atoms with E-state index in [1.165, 1.54) is 0 Å². The highest BCUT2D eigenvalue weighted by Crippen LogP contribution is 2.38. The SMILES string of the molecule is COc1ccc(OC)c(C2CCCN2CC(=O)Nc2ccc3[nH]c(=O)[nH]c3c2)c1. The molecule has 0 spiro atoms. The molecule has 1 fully saturated rings. The second-order valence-corrected chi connectivity index (χ2v) is 7.12. The number of ether oxygens (including phenoxy) is 2. The van der Waals surface area contributed by atoms with E-state index in [4.69, 9.17) is 9.47 Å². The predicted octanol–water partition coefficient (Wildman–Crippen LogP) is 2.65. The number of aromatic nitrogens is 2. The molecule has 0 bridgehead atoms. The molecule has 8 nitrogen and oxygen atoms in total. The number of nitrogens with one attached hydrogen (secondary N) is 3. The number of carbonyl (C=O) groups excluding carboxylic acids is 1. The zero-order chi connectivity index (χ0) is 20.4. The molecule has 1 atom stereocenters. The number of fused-ring (bicyclic) bond motifs is 1. The number of likely N-dealkylation sites (tertiary alicyclic amines) is 1. The third kappa shape index (κ3) is 3.97. The molecular formula is C21H24N4O4. The van der Waals surface area contributed by atoms with Gasteiger partial charge in [0.2, 0.25) is 5.91 Å². The van der Waals surface area contributed by atoms with Gasteiger partial charge in [0, 0.05) is 17.3 Å². The lowest BCUT2D eigenvalue weighted by Crippen LogP contribution is -2.33. The minimum Gasteiger partial charge on any atom is -0.497 e. The smallest absolute Gasteiger partial charge is 0.323 e. The summed E-state index contributed by atoms with van der Waals surface area (Å²) in [5.74, 6) is 1.46. The van der Waals surface area contributed by atoms with Gasteiger partial charge in [0.05, 0.1) is 31.8 Å². The highest BCUT2D eigenvalue weighted by molar-refractivity contribution is 5.94. The molecular weight excluding hydrogens is 372 g/mol. The van der Waals surface area contributed by atoms with E-state index >= 15 is 0 Å². The summed E-state index contributed by atoms with van der Waals surface area (Å²) in [6.45, 7) is 1.11. The van der Waals surface area contributed by atoms with Crippen molar-refractivity contribution in [2.75, 3.05) is 32.6 Å². The Balaban J connectivity index is 1.49. The summed E-state index contributed by atoms with van der Waals surface area (Å²) in [5.41, 5.74) is 2.78. The van der Waals surface area contributed by atoms with Crippen molar-refractivity contribution in [2.24, 2.45) is 0 Å². The number of H-pyrrole nitrogens is 2. The molecule has 1 unspecified atom stereocenters. The minimum absolute atomic E-state index is 0.0920. The minimum atomic E-state index is -0.268. The lowest BCUT2D eigenvalue weighted by atomic mass is 10.0. The van der Waals surface area contributed by atoms with Crippen LogP contribution in [0.2, 0.25) is 0 Å². The third-order valence-electron chi connectivity index (χ3n) is 5.31. The van der Waals surface area contributed by atoms with Gasteiger partial charge in [-0.2, -0.15) is 0 Å². The maximum Gasteiger partial charge on any atom is 0.323 e. The summed E-state index contributed by atoms with van der Waals surface area (Å²) in [7, 11) is 3.29. The number of benzene rings is 2. The van der Waals surface area contributed by atoms with Crippen molar-refractivity contribution in [3.63, 3.8) is 0 Å². The number of imidazole rings is 1. The van der Waals surface area contributed by atoms with E-state index in [-0.39, 0.29) is 24.2 Å². The lowest BCUT2D eigenvalue weighted by Gasteiger charge is -2.26.